The molecule has 0 aromatic carbocycles. The number of carbonyl (C=O) groups is 1. The Balaban J connectivity index is 3.08. The highest BCUT2D eigenvalue weighted by Crippen LogP contribution is 2.50. The molecule has 88 valence electrons. The monoisotopic (exact) mass is 247 g/mol. The van der Waals surface area contributed by atoms with Gasteiger partial charge in [-0.3, -0.25) is 9.55 Å². The number of aliphatic carboxylic acids is 1. The van der Waals surface area contributed by atoms with Crippen molar-refractivity contribution in [1.29, 1.82) is 0 Å². The van der Waals surface area contributed by atoms with E-state index in [0.717, 1.165) is 0 Å². The van der Waals surface area contributed by atoms with Crippen molar-refractivity contribution in [1.82, 2.24) is 4.98 Å². The van der Waals surface area contributed by atoms with E-state index in [9.17, 15) is 14.5 Å². The van der Waals surface area contributed by atoms with Crippen molar-refractivity contribution in [3.8, 4) is 0 Å². The molecule has 0 bridgehead atoms. The average Bonchev–Trinajstić information content (AvgIpc) is 2.17. The van der Waals surface area contributed by atoms with Crippen molar-refractivity contribution in [2.75, 3.05) is 0 Å². The van der Waals surface area contributed by atoms with Crippen molar-refractivity contribution in [2.24, 2.45) is 0 Å². The fourth-order valence-corrected chi connectivity index (χ4v) is 1.68. The molecule has 0 spiro atoms. The highest BCUT2D eigenvalue weighted by molar-refractivity contribution is 7.54. The molecule has 0 aliphatic heterocycles. The number of aliphatic hydroxyl groups is 1. The predicted octanol–water partition coefficient (Wildman–Crippen LogP) is -0.425. The highest BCUT2D eigenvalue weighted by Gasteiger charge is 2.53. The maximum absolute atomic E-state index is 10.9. The van der Waals surface area contributed by atoms with Crippen molar-refractivity contribution < 1.29 is 29.4 Å². The number of rotatable bonds is 4. The van der Waals surface area contributed by atoms with Crippen LogP contribution in [0, 0.1) is 0 Å². The van der Waals surface area contributed by atoms with E-state index >= 15 is 0 Å². The van der Waals surface area contributed by atoms with Gasteiger partial charge >= 0.3 is 13.6 Å². The summed E-state index contributed by atoms with van der Waals surface area (Å²) in [7, 11) is -5.19. The summed E-state index contributed by atoms with van der Waals surface area (Å²) in [6, 6.07) is 4.44. The van der Waals surface area contributed by atoms with Crippen LogP contribution in [0.15, 0.2) is 24.4 Å². The van der Waals surface area contributed by atoms with Gasteiger partial charge in [-0.05, 0) is 12.1 Å². The normalized spacial score (nSPS) is 15.4. The highest BCUT2D eigenvalue weighted by atomic mass is 31.2. The number of pyridine rings is 1. The number of aromatic nitrogens is 1. The van der Waals surface area contributed by atoms with E-state index in [0.29, 0.717) is 0 Å². The Kier molecular flexibility index (Phi) is 3.44. The summed E-state index contributed by atoms with van der Waals surface area (Å²) >= 11 is 0. The summed E-state index contributed by atoms with van der Waals surface area (Å²) in [6.45, 7) is 0. The molecular weight excluding hydrogens is 237 g/mol. The minimum atomic E-state index is -5.19. The van der Waals surface area contributed by atoms with E-state index in [2.05, 4.69) is 4.98 Å². The Morgan fingerprint density at radius 2 is 2.06 bits per heavy atom. The van der Waals surface area contributed by atoms with E-state index in [-0.39, 0.29) is 5.69 Å². The van der Waals surface area contributed by atoms with Crippen LogP contribution in [0.3, 0.4) is 0 Å². The molecule has 0 aliphatic carbocycles. The quantitative estimate of drug-likeness (QED) is 0.531. The van der Waals surface area contributed by atoms with Crippen molar-refractivity contribution in [2.45, 2.75) is 11.8 Å². The SMILES string of the molecule is O=C(O)C(O)(Cc1ccccn1)P(=O)(O)O. The second kappa shape index (κ2) is 4.31. The van der Waals surface area contributed by atoms with E-state index in [1.807, 2.05) is 0 Å². The van der Waals surface area contributed by atoms with Crippen LogP contribution in [-0.4, -0.2) is 36.3 Å². The van der Waals surface area contributed by atoms with Gasteiger partial charge in [-0.25, -0.2) is 4.79 Å². The van der Waals surface area contributed by atoms with Gasteiger partial charge in [0, 0.05) is 18.3 Å². The first-order valence-corrected chi connectivity index (χ1v) is 5.80. The smallest absolute Gasteiger partial charge is 0.368 e. The van der Waals surface area contributed by atoms with Crippen LogP contribution in [0.25, 0.3) is 0 Å². The van der Waals surface area contributed by atoms with Crippen molar-refractivity contribution in [3.63, 3.8) is 0 Å². The molecule has 1 unspecified atom stereocenters. The molecule has 1 atom stereocenters. The maximum Gasteiger partial charge on any atom is 0.368 e. The number of carboxylic acid groups (broad SMARTS) is 1. The van der Waals surface area contributed by atoms with E-state index in [1.54, 1.807) is 6.07 Å². The van der Waals surface area contributed by atoms with E-state index in [4.69, 9.17) is 14.9 Å². The van der Waals surface area contributed by atoms with Crippen LogP contribution < -0.4 is 0 Å². The summed E-state index contributed by atoms with van der Waals surface area (Å²) in [5, 5.41) is 15.0. The third kappa shape index (κ3) is 2.45. The first-order chi connectivity index (χ1) is 7.27. The molecule has 4 N–H and O–H groups in total. The molecule has 0 fully saturated rings. The van der Waals surface area contributed by atoms with Gasteiger partial charge in [0.05, 0.1) is 0 Å². The molecule has 1 aromatic rings. The van der Waals surface area contributed by atoms with Gasteiger partial charge in [0.1, 0.15) is 0 Å². The Labute approximate surface area is 90.5 Å². The molecule has 1 rings (SSSR count). The lowest BCUT2D eigenvalue weighted by Gasteiger charge is -2.23. The molecule has 0 saturated heterocycles. The summed E-state index contributed by atoms with van der Waals surface area (Å²) in [5.41, 5.74) is 0.0794. The summed E-state index contributed by atoms with van der Waals surface area (Å²) in [4.78, 5) is 32.0. The largest absolute Gasteiger partial charge is 0.479 e. The first-order valence-electron chi connectivity index (χ1n) is 4.19. The first kappa shape index (κ1) is 12.8. The van der Waals surface area contributed by atoms with Crippen LogP contribution in [0.4, 0.5) is 0 Å². The van der Waals surface area contributed by atoms with Gasteiger partial charge in [0.25, 0.3) is 5.34 Å². The lowest BCUT2D eigenvalue weighted by molar-refractivity contribution is -0.151. The zero-order valence-corrected chi connectivity index (χ0v) is 8.91. The molecule has 8 heteroatoms. The zero-order valence-electron chi connectivity index (χ0n) is 8.02. The summed E-state index contributed by atoms with van der Waals surface area (Å²) in [5.74, 6) is -1.98. The van der Waals surface area contributed by atoms with Gasteiger partial charge < -0.3 is 20.0 Å². The van der Waals surface area contributed by atoms with Crippen LogP contribution in [0.1, 0.15) is 5.69 Å². The molecule has 7 nitrogen and oxygen atoms in total. The molecule has 16 heavy (non-hydrogen) atoms. The fraction of sp³-hybridized carbons (Fsp3) is 0.250. The van der Waals surface area contributed by atoms with Crippen molar-refractivity contribution >= 4 is 13.6 Å². The Morgan fingerprint density at radius 1 is 1.44 bits per heavy atom. The second-order valence-electron chi connectivity index (χ2n) is 3.16. The molecule has 0 aliphatic rings. The van der Waals surface area contributed by atoms with Gasteiger partial charge in [0.2, 0.25) is 0 Å². The molecular formula is C8H10NO6P. The summed E-state index contributed by atoms with van der Waals surface area (Å²) in [6.07, 6.45) is 0.574. The van der Waals surface area contributed by atoms with Gasteiger partial charge in [-0.15, -0.1) is 0 Å². The summed E-state index contributed by atoms with van der Waals surface area (Å²) < 4.78 is 10.9. The number of nitrogens with zero attached hydrogens (tertiary/aromatic N) is 1. The van der Waals surface area contributed by atoms with Gasteiger partial charge in [-0.2, -0.15) is 0 Å². The molecule has 0 amide bonds. The van der Waals surface area contributed by atoms with Gasteiger partial charge in [0.15, 0.2) is 0 Å². The Hall–Kier alpha value is -1.27. The zero-order chi connectivity index (χ0) is 12.4. The van der Waals surface area contributed by atoms with Crippen LogP contribution in [0.2, 0.25) is 0 Å². The molecule has 1 aromatic heterocycles. The van der Waals surface area contributed by atoms with E-state index < -0.39 is 25.3 Å². The van der Waals surface area contributed by atoms with E-state index in [1.165, 1.54) is 18.3 Å². The lowest BCUT2D eigenvalue weighted by Crippen LogP contribution is -2.40. The standard InChI is InChI=1S/C8H10NO6P/c10-7(11)8(12,16(13,14)15)5-6-3-1-2-4-9-6/h1-4,12H,5H2,(H,10,11)(H2,13,14,15). The van der Waals surface area contributed by atoms with Crippen molar-refractivity contribution in [3.05, 3.63) is 30.1 Å². The minimum absolute atomic E-state index is 0.0794. The minimum Gasteiger partial charge on any atom is -0.479 e. The maximum atomic E-state index is 10.9. The van der Waals surface area contributed by atoms with Crippen LogP contribution >= 0.6 is 7.60 Å². The number of carboxylic acids is 1. The number of hydrogen-bond acceptors (Lipinski definition) is 4. The molecule has 0 saturated carbocycles. The second-order valence-corrected chi connectivity index (χ2v) is 4.99. The molecule has 0 radical (unpaired) electrons. The lowest BCUT2D eigenvalue weighted by atomic mass is 10.2. The topological polar surface area (TPSA) is 128 Å². The van der Waals surface area contributed by atoms with Crippen LogP contribution in [0.5, 0.6) is 0 Å². The number of hydrogen-bond donors (Lipinski definition) is 4. The fourth-order valence-electron chi connectivity index (χ4n) is 1.06. The Morgan fingerprint density at radius 3 is 2.44 bits per heavy atom. The average molecular weight is 247 g/mol. The Bertz CT molecular complexity index is 429. The molecule has 1 heterocycles. The third-order valence-electron chi connectivity index (χ3n) is 1.98. The van der Waals surface area contributed by atoms with Gasteiger partial charge in [-0.1, -0.05) is 6.07 Å². The predicted molar refractivity (Wildman–Crippen MR) is 52.6 cm³/mol. The van der Waals surface area contributed by atoms with Crippen LogP contribution in [-0.2, 0) is 15.8 Å². The third-order valence-corrected chi connectivity index (χ3v) is 3.29.